The van der Waals surface area contributed by atoms with Gasteiger partial charge in [-0.2, -0.15) is 5.10 Å². The van der Waals surface area contributed by atoms with Crippen molar-refractivity contribution < 1.29 is 9.47 Å². The molecule has 4 rings (SSSR count). The van der Waals surface area contributed by atoms with E-state index >= 15 is 0 Å². The van der Waals surface area contributed by atoms with Crippen molar-refractivity contribution in [3.63, 3.8) is 0 Å². The summed E-state index contributed by atoms with van der Waals surface area (Å²) >= 11 is 12.4. The van der Waals surface area contributed by atoms with Crippen LogP contribution in [0.2, 0.25) is 10.0 Å². The molecule has 1 aliphatic rings. The predicted molar refractivity (Wildman–Crippen MR) is 86.6 cm³/mol. The lowest BCUT2D eigenvalue weighted by Crippen LogP contribution is -2.36. The van der Waals surface area contributed by atoms with Gasteiger partial charge in [-0.3, -0.25) is 9.25 Å². The average Bonchev–Trinajstić information content (AvgIpc) is 3.29. The Balaban J connectivity index is 1.71. The highest BCUT2D eigenvalue weighted by molar-refractivity contribution is 6.35. The zero-order valence-corrected chi connectivity index (χ0v) is 13.9. The minimum absolute atomic E-state index is 0.221. The van der Waals surface area contributed by atoms with Gasteiger partial charge >= 0.3 is 0 Å². The number of hydrogen-bond acceptors (Lipinski definition) is 5. The largest absolute Gasteiger partial charge is 0.326 e. The Morgan fingerprint density at radius 2 is 2.17 bits per heavy atom. The zero-order chi connectivity index (χ0) is 16.6. The van der Waals surface area contributed by atoms with E-state index < -0.39 is 5.91 Å². The van der Waals surface area contributed by atoms with Gasteiger partial charge in [0.15, 0.2) is 0 Å². The van der Waals surface area contributed by atoms with E-state index in [9.17, 15) is 0 Å². The van der Waals surface area contributed by atoms with Crippen LogP contribution in [-0.2, 0) is 21.9 Å². The summed E-state index contributed by atoms with van der Waals surface area (Å²) in [7, 11) is 0. The molecule has 1 aliphatic heterocycles. The van der Waals surface area contributed by atoms with Crippen LogP contribution >= 0.6 is 23.2 Å². The van der Waals surface area contributed by atoms with Crippen LogP contribution in [0.15, 0.2) is 49.6 Å². The first-order valence-corrected chi connectivity index (χ1v) is 8.01. The van der Waals surface area contributed by atoms with Crippen molar-refractivity contribution in [2.24, 2.45) is 0 Å². The van der Waals surface area contributed by atoms with Crippen molar-refractivity contribution in [3.05, 3.63) is 65.2 Å². The molecule has 1 aromatic carbocycles. The molecule has 0 radical (unpaired) electrons. The average molecular weight is 366 g/mol. The lowest BCUT2D eigenvalue weighted by molar-refractivity contribution is -0.200. The Bertz CT molecular complexity index is 825. The molecular weight excluding hydrogens is 353 g/mol. The monoisotopic (exact) mass is 365 g/mol. The second-order valence-electron chi connectivity index (χ2n) is 5.34. The molecule has 9 heteroatoms. The first kappa shape index (κ1) is 15.6. The van der Waals surface area contributed by atoms with E-state index in [4.69, 9.17) is 32.7 Å². The maximum atomic E-state index is 6.40. The molecule has 7 nitrogen and oxygen atoms in total. The number of imidazole rings is 1. The minimum atomic E-state index is -1.19. The van der Waals surface area contributed by atoms with Crippen LogP contribution in [0.5, 0.6) is 0 Å². The van der Waals surface area contributed by atoms with Gasteiger partial charge in [-0.05, 0) is 18.2 Å². The Kier molecular flexibility index (Phi) is 4.01. The molecule has 24 heavy (non-hydrogen) atoms. The summed E-state index contributed by atoms with van der Waals surface area (Å²) in [5, 5.41) is 5.10. The Morgan fingerprint density at radius 1 is 1.25 bits per heavy atom. The van der Waals surface area contributed by atoms with Gasteiger partial charge in [-0.25, -0.2) is 9.97 Å². The van der Waals surface area contributed by atoms with Gasteiger partial charge in [0, 0.05) is 17.4 Å². The molecule has 3 heterocycles. The lowest BCUT2D eigenvalue weighted by atomic mass is 10.1. The summed E-state index contributed by atoms with van der Waals surface area (Å²) in [5.74, 6) is -1.19. The molecule has 0 unspecified atom stereocenters. The van der Waals surface area contributed by atoms with E-state index in [-0.39, 0.29) is 6.10 Å². The lowest BCUT2D eigenvalue weighted by Gasteiger charge is -2.30. The number of rotatable bonds is 4. The fraction of sp³-hybridized carbons (Fsp3) is 0.267. The van der Waals surface area contributed by atoms with Gasteiger partial charge in [0.1, 0.15) is 18.8 Å². The van der Waals surface area contributed by atoms with E-state index in [1.54, 1.807) is 52.5 Å². The molecule has 0 bridgehead atoms. The fourth-order valence-corrected chi connectivity index (χ4v) is 3.25. The molecule has 0 spiro atoms. The van der Waals surface area contributed by atoms with E-state index in [0.717, 1.165) is 0 Å². The summed E-state index contributed by atoms with van der Waals surface area (Å²) < 4.78 is 15.8. The SMILES string of the molecule is Clc1ccc([C@@]2(n3ccnc3)OC[C@H](Cn3cncn3)O2)c(Cl)c1. The number of aromatic nitrogens is 5. The van der Waals surface area contributed by atoms with Gasteiger partial charge in [-0.15, -0.1) is 0 Å². The first-order chi connectivity index (χ1) is 11.7. The van der Waals surface area contributed by atoms with Crippen LogP contribution in [0.25, 0.3) is 0 Å². The molecule has 3 aromatic rings. The van der Waals surface area contributed by atoms with Crippen LogP contribution in [0.1, 0.15) is 5.56 Å². The van der Waals surface area contributed by atoms with E-state index in [1.807, 2.05) is 0 Å². The number of halogens is 2. The first-order valence-electron chi connectivity index (χ1n) is 7.25. The Hall–Kier alpha value is -1.93. The number of hydrogen-bond donors (Lipinski definition) is 0. The highest BCUT2D eigenvalue weighted by Crippen LogP contribution is 2.40. The van der Waals surface area contributed by atoms with Crippen molar-refractivity contribution in [1.29, 1.82) is 0 Å². The summed E-state index contributed by atoms with van der Waals surface area (Å²) in [6, 6.07) is 5.20. The van der Waals surface area contributed by atoms with Crippen LogP contribution in [0, 0.1) is 0 Å². The van der Waals surface area contributed by atoms with Crippen molar-refractivity contribution in [1.82, 2.24) is 24.3 Å². The smallest absolute Gasteiger partial charge is 0.286 e. The number of nitrogens with zero attached hydrogens (tertiary/aromatic N) is 5. The second kappa shape index (κ2) is 6.18. The third-order valence-corrected chi connectivity index (χ3v) is 4.31. The molecule has 0 N–H and O–H groups in total. The van der Waals surface area contributed by atoms with E-state index in [0.29, 0.717) is 28.8 Å². The third kappa shape index (κ3) is 2.69. The maximum absolute atomic E-state index is 6.40. The predicted octanol–water partition coefficient (Wildman–Crippen LogP) is 2.56. The Labute approximate surface area is 147 Å². The molecular formula is C15H13Cl2N5O2. The molecule has 0 aliphatic carbocycles. The Morgan fingerprint density at radius 3 is 2.88 bits per heavy atom. The topological polar surface area (TPSA) is 67.0 Å². The zero-order valence-electron chi connectivity index (χ0n) is 12.4. The highest BCUT2D eigenvalue weighted by Gasteiger charge is 2.46. The summed E-state index contributed by atoms with van der Waals surface area (Å²) in [4.78, 5) is 8.03. The van der Waals surface area contributed by atoms with Gasteiger partial charge in [0.05, 0.1) is 30.1 Å². The van der Waals surface area contributed by atoms with Crippen molar-refractivity contribution in [2.45, 2.75) is 18.6 Å². The van der Waals surface area contributed by atoms with Gasteiger partial charge in [0.25, 0.3) is 5.91 Å². The van der Waals surface area contributed by atoms with Crippen LogP contribution in [-0.4, -0.2) is 37.0 Å². The summed E-state index contributed by atoms with van der Waals surface area (Å²) in [6.07, 6.45) is 7.94. The molecule has 124 valence electrons. The van der Waals surface area contributed by atoms with E-state index in [1.165, 1.54) is 6.33 Å². The van der Waals surface area contributed by atoms with Crippen molar-refractivity contribution in [3.8, 4) is 0 Å². The normalized spacial score (nSPS) is 23.7. The standard InChI is InChI=1S/C15H13Cl2N5O2/c16-11-1-2-13(14(17)5-11)15(21-4-3-18-9-21)23-7-12(24-15)6-22-10-19-8-20-22/h1-5,8-10,12H,6-7H2/t12-,15+/m0/s1. The summed E-state index contributed by atoms with van der Waals surface area (Å²) in [6.45, 7) is 0.888. The van der Waals surface area contributed by atoms with Crippen LogP contribution in [0.4, 0.5) is 0 Å². The highest BCUT2D eigenvalue weighted by atomic mass is 35.5. The van der Waals surface area contributed by atoms with Crippen molar-refractivity contribution in [2.75, 3.05) is 6.61 Å². The fourth-order valence-electron chi connectivity index (χ4n) is 2.72. The van der Waals surface area contributed by atoms with Gasteiger partial charge in [0.2, 0.25) is 0 Å². The number of ether oxygens (including phenoxy) is 2. The van der Waals surface area contributed by atoms with E-state index in [2.05, 4.69) is 15.1 Å². The molecule has 2 aromatic heterocycles. The maximum Gasteiger partial charge on any atom is 0.286 e. The molecule has 1 fully saturated rings. The minimum Gasteiger partial charge on any atom is -0.326 e. The van der Waals surface area contributed by atoms with Gasteiger partial charge < -0.3 is 9.47 Å². The van der Waals surface area contributed by atoms with Crippen LogP contribution in [0.3, 0.4) is 0 Å². The molecule has 2 atom stereocenters. The second-order valence-corrected chi connectivity index (χ2v) is 6.19. The van der Waals surface area contributed by atoms with Crippen LogP contribution < -0.4 is 0 Å². The molecule has 0 saturated carbocycles. The third-order valence-electron chi connectivity index (χ3n) is 3.76. The van der Waals surface area contributed by atoms with Gasteiger partial charge in [-0.1, -0.05) is 23.2 Å². The van der Waals surface area contributed by atoms with Crippen molar-refractivity contribution >= 4 is 23.2 Å². The summed E-state index contributed by atoms with van der Waals surface area (Å²) in [5.41, 5.74) is 0.660. The molecule has 0 amide bonds. The number of benzene rings is 1. The quantitative estimate of drug-likeness (QED) is 0.710. The molecule has 1 saturated heterocycles.